The summed E-state index contributed by atoms with van der Waals surface area (Å²) in [6.45, 7) is 10.4. The first-order valence-electron chi connectivity index (χ1n) is 9.27. The minimum absolute atomic E-state index is 0.0286. The van der Waals surface area contributed by atoms with Gasteiger partial charge < -0.3 is 24.3 Å². The van der Waals surface area contributed by atoms with Crippen LogP contribution in [-0.2, 0) is 19.0 Å². The highest BCUT2D eigenvalue weighted by molar-refractivity contribution is 5.75. The first-order chi connectivity index (χ1) is 12.6. The van der Waals surface area contributed by atoms with E-state index in [0.29, 0.717) is 65.1 Å². The third-order valence-corrected chi connectivity index (χ3v) is 3.44. The molecule has 1 aromatic rings. The van der Waals surface area contributed by atoms with Crippen molar-refractivity contribution in [2.75, 3.05) is 52.8 Å². The Kier molecular flexibility index (Phi) is 12.5. The molecular weight excluding hydrogens is 334 g/mol. The average molecular weight is 367 g/mol. The van der Waals surface area contributed by atoms with E-state index in [2.05, 4.69) is 19.2 Å². The van der Waals surface area contributed by atoms with Crippen LogP contribution in [0.3, 0.4) is 0 Å². The van der Waals surface area contributed by atoms with Crippen molar-refractivity contribution in [2.24, 2.45) is 5.92 Å². The largest absolute Gasteiger partial charge is 0.491 e. The van der Waals surface area contributed by atoms with Crippen LogP contribution in [0.5, 0.6) is 5.75 Å². The van der Waals surface area contributed by atoms with E-state index in [4.69, 9.17) is 18.9 Å². The fraction of sp³-hybridized carbons (Fsp3) is 0.650. The van der Waals surface area contributed by atoms with Crippen LogP contribution >= 0.6 is 0 Å². The molecule has 6 heteroatoms. The third kappa shape index (κ3) is 12.7. The van der Waals surface area contributed by atoms with E-state index in [0.717, 1.165) is 5.75 Å². The van der Waals surface area contributed by atoms with E-state index in [9.17, 15) is 4.79 Å². The Bertz CT molecular complexity index is 476. The van der Waals surface area contributed by atoms with E-state index in [-0.39, 0.29) is 5.91 Å². The molecule has 0 radical (unpaired) electrons. The summed E-state index contributed by atoms with van der Waals surface area (Å²) in [7, 11) is 0. The van der Waals surface area contributed by atoms with Crippen molar-refractivity contribution in [2.45, 2.75) is 27.2 Å². The van der Waals surface area contributed by atoms with Crippen LogP contribution in [0.15, 0.2) is 24.3 Å². The zero-order valence-electron chi connectivity index (χ0n) is 16.3. The summed E-state index contributed by atoms with van der Waals surface area (Å²) in [5, 5.41) is 2.85. The number of benzene rings is 1. The molecule has 0 spiro atoms. The van der Waals surface area contributed by atoms with Crippen LogP contribution < -0.4 is 10.1 Å². The Morgan fingerprint density at radius 2 is 1.42 bits per heavy atom. The summed E-state index contributed by atoms with van der Waals surface area (Å²) < 4.78 is 21.8. The van der Waals surface area contributed by atoms with Crippen LogP contribution in [-0.4, -0.2) is 58.7 Å². The van der Waals surface area contributed by atoms with Crippen molar-refractivity contribution in [1.82, 2.24) is 5.32 Å². The second kappa shape index (κ2) is 14.5. The van der Waals surface area contributed by atoms with E-state index in [1.54, 1.807) is 0 Å². The van der Waals surface area contributed by atoms with Gasteiger partial charge >= 0.3 is 0 Å². The fourth-order valence-electron chi connectivity index (χ4n) is 1.97. The Morgan fingerprint density at radius 3 is 2.00 bits per heavy atom. The number of nitrogens with one attached hydrogen (secondary N) is 1. The fourth-order valence-corrected chi connectivity index (χ4v) is 1.97. The number of carbonyl (C=O) groups is 1. The first-order valence-corrected chi connectivity index (χ1v) is 9.27. The highest BCUT2D eigenvalue weighted by Crippen LogP contribution is 2.10. The number of carbonyl (C=O) groups excluding carboxylic acids is 1. The summed E-state index contributed by atoms with van der Waals surface area (Å²) in [5.74, 6) is 1.34. The molecule has 6 nitrogen and oxygen atoms in total. The molecule has 0 unspecified atom stereocenters. The predicted octanol–water partition coefficient (Wildman–Crippen LogP) is 2.59. The van der Waals surface area contributed by atoms with E-state index in [1.807, 2.05) is 31.2 Å². The van der Waals surface area contributed by atoms with Gasteiger partial charge in [-0.3, -0.25) is 4.79 Å². The highest BCUT2D eigenvalue weighted by Gasteiger charge is 2.02. The van der Waals surface area contributed by atoms with Gasteiger partial charge in [-0.15, -0.1) is 0 Å². The molecule has 0 aliphatic rings. The van der Waals surface area contributed by atoms with Crippen LogP contribution in [0.2, 0.25) is 0 Å². The molecule has 0 atom stereocenters. The van der Waals surface area contributed by atoms with E-state index >= 15 is 0 Å². The molecule has 0 aliphatic carbocycles. The standard InChI is InChI=1S/C20H33NO5/c1-17(2)16-21-20(22)8-9-23-10-11-24-12-13-25-14-15-26-19-6-4-18(3)5-7-19/h4-7,17H,8-16H2,1-3H3,(H,21,22). The molecule has 148 valence electrons. The lowest BCUT2D eigenvalue weighted by Gasteiger charge is -2.09. The summed E-state index contributed by atoms with van der Waals surface area (Å²) in [6.07, 6.45) is 0.386. The highest BCUT2D eigenvalue weighted by atomic mass is 16.6. The smallest absolute Gasteiger partial charge is 0.222 e. The predicted molar refractivity (Wildman–Crippen MR) is 102 cm³/mol. The molecule has 1 rings (SSSR count). The van der Waals surface area contributed by atoms with Crippen molar-refractivity contribution in [3.05, 3.63) is 29.8 Å². The van der Waals surface area contributed by atoms with Gasteiger partial charge in [0.05, 0.1) is 39.6 Å². The molecule has 0 saturated carbocycles. The van der Waals surface area contributed by atoms with Crippen molar-refractivity contribution in [1.29, 1.82) is 0 Å². The summed E-state index contributed by atoms with van der Waals surface area (Å²) in [6, 6.07) is 7.94. The number of ether oxygens (including phenoxy) is 4. The molecule has 0 aromatic heterocycles. The molecule has 0 heterocycles. The van der Waals surface area contributed by atoms with Crippen molar-refractivity contribution in [3.63, 3.8) is 0 Å². The van der Waals surface area contributed by atoms with Crippen LogP contribution in [0.25, 0.3) is 0 Å². The molecule has 0 aliphatic heterocycles. The molecule has 1 aromatic carbocycles. The van der Waals surface area contributed by atoms with Crippen LogP contribution in [0.4, 0.5) is 0 Å². The molecular formula is C20H33NO5. The molecule has 0 bridgehead atoms. The first kappa shape index (κ1) is 22.4. The van der Waals surface area contributed by atoms with Gasteiger partial charge in [0.2, 0.25) is 5.91 Å². The second-order valence-corrected chi connectivity index (χ2v) is 6.45. The SMILES string of the molecule is Cc1ccc(OCCOCCOCCOCCC(=O)NCC(C)C)cc1. The number of hydrogen-bond donors (Lipinski definition) is 1. The lowest BCUT2D eigenvalue weighted by Crippen LogP contribution is -2.28. The average Bonchev–Trinajstić information content (AvgIpc) is 2.62. The Morgan fingerprint density at radius 1 is 0.885 bits per heavy atom. The van der Waals surface area contributed by atoms with Crippen molar-refractivity contribution in [3.8, 4) is 5.75 Å². The zero-order chi connectivity index (χ0) is 19.0. The lowest BCUT2D eigenvalue weighted by molar-refractivity contribution is -0.122. The van der Waals surface area contributed by atoms with Crippen molar-refractivity contribution < 1.29 is 23.7 Å². The minimum Gasteiger partial charge on any atom is -0.491 e. The molecule has 0 saturated heterocycles. The van der Waals surface area contributed by atoms with Gasteiger partial charge in [0.1, 0.15) is 12.4 Å². The van der Waals surface area contributed by atoms with Gasteiger partial charge in [-0.1, -0.05) is 31.5 Å². The van der Waals surface area contributed by atoms with Crippen molar-refractivity contribution >= 4 is 5.91 Å². The molecule has 1 amide bonds. The van der Waals surface area contributed by atoms with Gasteiger partial charge in [-0.25, -0.2) is 0 Å². The minimum atomic E-state index is 0.0286. The monoisotopic (exact) mass is 367 g/mol. The number of aryl methyl sites for hydroxylation is 1. The van der Waals surface area contributed by atoms with Gasteiger partial charge in [0, 0.05) is 13.0 Å². The number of amides is 1. The summed E-state index contributed by atoms with van der Waals surface area (Å²) >= 11 is 0. The van der Waals surface area contributed by atoms with Gasteiger partial charge in [0.25, 0.3) is 0 Å². The maximum Gasteiger partial charge on any atom is 0.222 e. The lowest BCUT2D eigenvalue weighted by atomic mass is 10.2. The topological polar surface area (TPSA) is 66.0 Å². The normalized spacial score (nSPS) is 10.9. The molecule has 1 N–H and O–H groups in total. The molecule has 26 heavy (non-hydrogen) atoms. The number of hydrogen-bond acceptors (Lipinski definition) is 5. The maximum absolute atomic E-state index is 11.5. The van der Waals surface area contributed by atoms with Gasteiger partial charge in [-0.2, -0.15) is 0 Å². The quantitative estimate of drug-likeness (QED) is 0.483. The van der Waals surface area contributed by atoms with Crippen LogP contribution in [0.1, 0.15) is 25.8 Å². The van der Waals surface area contributed by atoms with Gasteiger partial charge in [0.15, 0.2) is 0 Å². The number of rotatable bonds is 15. The second-order valence-electron chi connectivity index (χ2n) is 6.45. The Hall–Kier alpha value is -1.63. The Balaban J connectivity index is 1.80. The molecule has 0 fully saturated rings. The van der Waals surface area contributed by atoms with Gasteiger partial charge in [-0.05, 0) is 25.0 Å². The Labute approximate surface area is 157 Å². The van der Waals surface area contributed by atoms with E-state index in [1.165, 1.54) is 5.56 Å². The summed E-state index contributed by atoms with van der Waals surface area (Å²) in [5.41, 5.74) is 1.21. The van der Waals surface area contributed by atoms with E-state index < -0.39 is 0 Å². The summed E-state index contributed by atoms with van der Waals surface area (Å²) in [4.78, 5) is 11.5. The third-order valence-electron chi connectivity index (χ3n) is 3.44. The maximum atomic E-state index is 11.5. The zero-order valence-corrected chi connectivity index (χ0v) is 16.3. The van der Waals surface area contributed by atoms with Crippen LogP contribution in [0, 0.1) is 12.8 Å².